The molecule has 19 aromatic carbocycles. The highest BCUT2D eigenvalue weighted by atomic mass is 15.1. The van der Waals surface area contributed by atoms with E-state index in [9.17, 15) is 15.8 Å². The number of rotatable bonds is 6. The summed E-state index contributed by atoms with van der Waals surface area (Å²) in [4.78, 5) is 15.2. The largest absolute Gasteiger partial charge is 0.294 e. The highest BCUT2D eigenvalue weighted by molar-refractivity contribution is 6.26. The summed E-state index contributed by atoms with van der Waals surface area (Å²) in [7, 11) is 0. The molecular formula is C121H71N9. The van der Waals surface area contributed by atoms with Crippen LogP contribution < -0.4 is 0 Å². The monoisotopic (exact) mass is 1650 g/mol. The van der Waals surface area contributed by atoms with Gasteiger partial charge in [-0.05, 0) is 234 Å². The molecule has 130 heavy (non-hydrogen) atoms. The summed E-state index contributed by atoms with van der Waals surface area (Å²) in [6.07, 6.45) is 0. The summed E-state index contributed by atoms with van der Waals surface area (Å²) in [6.45, 7) is 4.69. The van der Waals surface area contributed by atoms with Crippen molar-refractivity contribution in [3.05, 3.63) is 422 Å². The van der Waals surface area contributed by atoms with E-state index in [0.29, 0.717) is 16.7 Å². The Morgan fingerprint density at radius 3 is 1.00 bits per heavy atom. The third-order valence-corrected chi connectivity index (χ3v) is 27.7. The van der Waals surface area contributed by atoms with Gasteiger partial charge >= 0.3 is 0 Å². The van der Waals surface area contributed by atoms with Gasteiger partial charge < -0.3 is 0 Å². The Kier molecular flexibility index (Phi) is 16.1. The standard InChI is InChI=1S/C42H23N3.C41H27N3.C38H21N3/c43-24-27-23-40(44-37-15-6-5-9-29(27)37)45-38-20-17-26(22-36(38)42-30-10-2-1-8-25(30)16-21-39(42)45)28-18-19-35-32-12-4-3-11-31(32)34-14-7-13-33(28)41(34)35;1-41(2)34-16-7-5-13-31(34)32-15-9-14-30(40(32)41)26-19-20-36-33(22-26)39-29-12-4-3-10-25(29)18-21-37(39)44(36)38-23-27(24-42)28-11-6-8-17-35(28)43-38;39-22-24-21-37(40-34-14-5-3-8-26(24)34)41-35-15-6-4-11-29(35)33-20-23(16-19-36(33)41)25-17-18-32-28-10-2-1-9-27(28)31-13-7-12-30(25)38(31)32/h1-23H;3-23H,1-2H3;1-21H. The molecule has 9 nitrogen and oxygen atoms in total. The number of aromatic nitrogens is 6. The molecule has 0 saturated carbocycles. The summed E-state index contributed by atoms with van der Waals surface area (Å²) < 4.78 is 6.63. The minimum atomic E-state index is -0.110. The zero-order valence-corrected chi connectivity index (χ0v) is 70.6. The molecule has 9 heteroatoms. The predicted molar refractivity (Wildman–Crippen MR) is 535 cm³/mol. The van der Waals surface area contributed by atoms with Gasteiger partial charge in [-0.15, -0.1) is 0 Å². The van der Waals surface area contributed by atoms with Crippen molar-refractivity contribution in [1.29, 1.82) is 15.8 Å². The maximum atomic E-state index is 10.1. The molecule has 0 atom stereocenters. The molecule has 0 spiro atoms. The lowest BCUT2D eigenvalue weighted by molar-refractivity contribution is 0.662. The molecule has 3 aliphatic carbocycles. The van der Waals surface area contributed by atoms with Crippen LogP contribution in [-0.2, 0) is 5.41 Å². The van der Waals surface area contributed by atoms with Gasteiger partial charge in [-0.2, -0.15) is 15.8 Å². The van der Waals surface area contributed by atoms with E-state index in [-0.39, 0.29) is 5.41 Å². The van der Waals surface area contributed by atoms with Gasteiger partial charge in [0.2, 0.25) is 0 Å². The fourth-order valence-electron chi connectivity index (χ4n) is 22.1. The number of fused-ring (bicyclic) bond motifs is 25. The molecule has 28 rings (SSSR count). The molecule has 0 fully saturated rings. The molecule has 6 heterocycles. The number of hydrogen-bond acceptors (Lipinski definition) is 6. The molecular weight excluding hydrogens is 1580 g/mol. The van der Waals surface area contributed by atoms with E-state index in [2.05, 4.69) is 349 Å². The molecule has 25 aromatic rings. The van der Waals surface area contributed by atoms with Crippen LogP contribution in [0.5, 0.6) is 0 Å². The molecule has 3 aliphatic rings. The first kappa shape index (κ1) is 73.8. The molecule has 0 unspecified atom stereocenters. The topological polar surface area (TPSA) is 125 Å². The normalized spacial score (nSPS) is 12.4. The highest BCUT2D eigenvalue weighted by Crippen LogP contribution is 2.56. The van der Waals surface area contributed by atoms with Crippen LogP contribution in [0, 0.1) is 34.0 Å². The van der Waals surface area contributed by atoms with Gasteiger partial charge in [-0.3, -0.25) is 13.7 Å². The van der Waals surface area contributed by atoms with E-state index in [4.69, 9.17) is 15.0 Å². The van der Waals surface area contributed by atoms with Crippen LogP contribution in [0.2, 0.25) is 0 Å². The fraction of sp³-hybridized carbons (Fsp3) is 0.0248. The van der Waals surface area contributed by atoms with Crippen molar-refractivity contribution in [3.8, 4) is 125 Å². The average Bonchev–Trinajstić information content (AvgIpc) is 1.53. The first-order valence-corrected chi connectivity index (χ1v) is 44.0. The van der Waals surface area contributed by atoms with E-state index in [0.717, 1.165) is 94.0 Å². The average molecular weight is 1650 g/mol. The zero-order chi connectivity index (χ0) is 86.3. The van der Waals surface area contributed by atoms with E-state index in [1.807, 2.05) is 91.0 Å². The van der Waals surface area contributed by atoms with Crippen LogP contribution >= 0.6 is 0 Å². The van der Waals surface area contributed by atoms with Crippen LogP contribution in [-0.4, -0.2) is 28.7 Å². The lowest BCUT2D eigenvalue weighted by Crippen LogP contribution is -2.16. The molecule has 600 valence electrons. The van der Waals surface area contributed by atoms with Gasteiger partial charge in [-0.1, -0.05) is 317 Å². The predicted octanol–water partition coefficient (Wildman–Crippen LogP) is 30.8. The lowest BCUT2D eigenvalue weighted by atomic mass is 9.79. The van der Waals surface area contributed by atoms with E-state index >= 15 is 0 Å². The van der Waals surface area contributed by atoms with Crippen molar-refractivity contribution in [1.82, 2.24) is 28.7 Å². The number of hydrogen-bond donors (Lipinski definition) is 0. The molecule has 6 aromatic heterocycles. The summed E-state index contributed by atoms with van der Waals surface area (Å²) in [6, 6.07) is 147. The summed E-state index contributed by atoms with van der Waals surface area (Å²) >= 11 is 0. The van der Waals surface area contributed by atoms with Gasteiger partial charge in [0.25, 0.3) is 0 Å². The third-order valence-electron chi connectivity index (χ3n) is 27.7. The second kappa shape index (κ2) is 28.4. The van der Waals surface area contributed by atoms with Gasteiger partial charge in [0, 0.05) is 53.9 Å². The summed E-state index contributed by atoms with van der Waals surface area (Å²) in [5, 5.41) is 49.8. The molecule has 0 N–H and O–H groups in total. The fourth-order valence-corrected chi connectivity index (χ4v) is 22.1. The summed E-state index contributed by atoms with van der Waals surface area (Å²) in [5.74, 6) is 2.25. The Morgan fingerprint density at radius 2 is 0.531 bits per heavy atom. The van der Waals surface area contributed by atoms with Crippen molar-refractivity contribution < 1.29 is 0 Å². The van der Waals surface area contributed by atoms with E-state index < -0.39 is 0 Å². The first-order valence-electron chi connectivity index (χ1n) is 44.0. The molecule has 0 bridgehead atoms. The molecule has 0 aliphatic heterocycles. The van der Waals surface area contributed by atoms with Crippen LogP contribution in [0.3, 0.4) is 0 Å². The van der Waals surface area contributed by atoms with Crippen LogP contribution in [0.15, 0.2) is 394 Å². The maximum Gasteiger partial charge on any atom is 0.139 e. The Bertz CT molecular complexity index is 9420. The molecule has 0 radical (unpaired) electrons. The highest BCUT2D eigenvalue weighted by Gasteiger charge is 2.38. The smallest absolute Gasteiger partial charge is 0.139 e. The minimum absolute atomic E-state index is 0.110. The number of nitrogens with zero attached hydrogens (tertiary/aromatic N) is 9. The Morgan fingerprint density at radius 1 is 0.215 bits per heavy atom. The van der Waals surface area contributed by atoms with Crippen molar-refractivity contribution >= 4 is 141 Å². The Balaban J connectivity index is 0.000000103. The number of para-hydroxylation sites is 4. The second-order valence-electron chi connectivity index (χ2n) is 34.8. The zero-order valence-electron chi connectivity index (χ0n) is 70.6. The maximum absolute atomic E-state index is 10.1. The van der Waals surface area contributed by atoms with Crippen molar-refractivity contribution in [2.45, 2.75) is 19.3 Å². The Hall–Kier alpha value is -17.7. The van der Waals surface area contributed by atoms with Crippen LogP contribution in [0.25, 0.3) is 248 Å². The Labute approximate surface area is 746 Å². The lowest BCUT2D eigenvalue weighted by Gasteiger charge is -2.24. The van der Waals surface area contributed by atoms with Gasteiger partial charge in [0.15, 0.2) is 0 Å². The molecule has 0 saturated heterocycles. The van der Waals surface area contributed by atoms with E-state index in [1.165, 1.54) is 165 Å². The van der Waals surface area contributed by atoms with Crippen molar-refractivity contribution in [2.75, 3.05) is 0 Å². The third kappa shape index (κ3) is 10.9. The van der Waals surface area contributed by atoms with Crippen molar-refractivity contribution in [3.63, 3.8) is 0 Å². The quantitative estimate of drug-likeness (QED) is 0.163. The number of pyridine rings is 3. The summed E-state index contributed by atoms with van der Waals surface area (Å²) in [5.41, 5.74) is 33.8. The van der Waals surface area contributed by atoms with Gasteiger partial charge in [-0.25, -0.2) is 15.0 Å². The minimum Gasteiger partial charge on any atom is -0.294 e. The number of nitriles is 3. The second-order valence-corrected chi connectivity index (χ2v) is 34.8. The van der Waals surface area contributed by atoms with E-state index in [1.54, 1.807) is 0 Å². The van der Waals surface area contributed by atoms with Crippen molar-refractivity contribution in [2.24, 2.45) is 0 Å². The van der Waals surface area contributed by atoms with Gasteiger partial charge in [0.1, 0.15) is 17.5 Å². The molecule has 0 amide bonds. The SMILES string of the molecule is CC1(C)c2ccccc2-c2cccc(-c3ccc4c(c3)c3c5ccccc5ccc3n4-c3cc(C#N)c4ccccc4n3)c21.N#Cc1cc(-n2c3ccc(-c4ccc5c6c(cccc46)-c4ccccc4-5)cc3c3c4ccccc4ccc32)nc2ccccc12.N#Cc1cc(-n2c3ccccc3c3cc(-c4ccc5c6c(cccc46)-c4ccccc4-5)ccc32)nc2ccccc12. The first-order chi connectivity index (χ1) is 64.1. The number of benzene rings is 19. The van der Waals surface area contributed by atoms with Gasteiger partial charge in [0.05, 0.1) is 84.5 Å². The van der Waals surface area contributed by atoms with Crippen LogP contribution in [0.4, 0.5) is 0 Å². The van der Waals surface area contributed by atoms with Crippen LogP contribution in [0.1, 0.15) is 41.7 Å².